The van der Waals surface area contributed by atoms with Gasteiger partial charge in [0.15, 0.2) is 0 Å². The molecule has 3 aromatic carbocycles. The van der Waals surface area contributed by atoms with E-state index in [2.05, 4.69) is 25.5 Å². The predicted octanol–water partition coefficient (Wildman–Crippen LogP) is 4.99. The lowest BCUT2D eigenvalue weighted by Gasteiger charge is -2.15. The number of fused-ring (bicyclic) bond motifs is 1. The van der Waals surface area contributed by atoms with Gasteiger partial charge in [0.2, 0.25) is 5.91 Å². The molecule has 5 rings (SSSR count). The predicted molar refractivity (Wildman–Crippen MR) is 134 cm³/mol. The van der Waals surface area contributed by atoms with E-state index in [0.717, 1.165) is 59.5 Å². The van der Waals surface area contributed by atoms with Crippen LogP contribution in [0.5, 0.6) is 5.75 Å². The van der Waals surface area contributed by atoms with Gasteiger partial charge in [-0.3, -0.25) is 9.69 Å². The van der Waals surface area contributed by atoms with Crippen LogP contribution in [0.15, 0.2) is 79.1 Å². The molecule has 0 unspecified atom stereocenters. The maximum atomic E-state index is 12.4. The molecule has 2 heterocycles. The molecule has 2 N–H and O–H groups in total. The van der Waals surface area contributed by atoms with E-state index in [9.17, 15) is 4.79 Å². The highest BCUT2D eigenvalue weighted by Gasteiger charge is 2.15. The molecular formula is C27H27N5O2. The van der Waals surface area contributed by atoms with Crippen LogP contribution in [0.4, 0.5) is 17.2 Å². The normalized spacial score (nSPS) is 13.6. The molecule has 0 atom stereocenters. The molecule has 4 aromatic rings. The molecule has 172 valence electrons. The molecule has 1 aromatic heterocycles. The minimum absolute atomic E-state index is 0.00120. The van der Waals surface area contributed by atoms with E-state index < -0.39 is 0 Å². The Kier molecular flexibility index (Phi) is 6.63. The first-order chi connectivity index (χ1) is 16.7. The molecule has 7 heteroatoms. The average Bonchev–Trinajstić information content (AvgIpc) is 3.37. The van der Waals surface area contributed by atoms with Crippen LogP contribution in [-0.2, 0) is 11.4 Å². The van der Waals surface area contributed by atoms with Crippen molar-refractivity contribution in [2.24, 2.45) is 0 Å². The number of aromatic nitrogens is 2. The van der Waals surface area contributed by atoms with Gasteiger partial charge in [0, 0.05) is 16.8 Å². The summed E-state index contributed by atoms with van der Waals surface area (Å²) in [6.45, 7) is 2.93. The van der Waals surface area contributed by atoms with Crippen LogP contribution in [0, 0.1) is 0 Å². The highest BCUT2D eigenvalue weighted by molar-refractivity contribution is 5.97. The fourth-order valence-electron chi connectivity index (χ4n) is 4.09. The number of likely N-dealkylation sites (tertiary alicyclic amines) is 1. The Bertz CT molecular complexity index is 1260. The number of hydrogen-bond donors (Lipinski definition) is 2. The summed E-state index contributed by atoms with van der Waals surface area (Å²) in [4.78, 5) is 23.4. The molecule has 0 aliphatic carbocycles. The second kappa shape index (κ2) is 10.3. The molecule has 0 spiro atoms. The van der Waals surface area contributed by atoms with Crippen molar-refractivity contribution in [1.29, 1.82) is 0 Å². The van der Waals surface area contributed by atoms with Crippen molar-refractivity contribution >= 4 is 34.0 Å². The van der Waals surface area contributed by atoms with E-state index in [1.807, 2.05) is 72.8 Å². The number of benzene rings is 3. The summed E-state index contributed by atoms with van der Waals surface area (Å²) in [5.74, 6) is 1.47. The monoisotopic (exact) mass is 453 g/mol. The number of carbonyl (C=O) groups excluding carboxylic acids is 1. The number of carbonyl (C=O) groups is 1. The lowest BCUT2D eigenvalue weighted by molar-refractivity contribution is -0.117. The number of nitrogens with one attached hydrogen (secondary N) is 2. The lowest BCUT2D eigenvalue weighted by atomic mass is 10.2. The summed E-state index contributed by atoms with van der Waals surface area (Å²) in [7, 11) is 0. The molecule has 1 aliphatic rings. The van der Waals surface area contributed by atoms with Crippen LogP contribution in [0.2, 0.25) is 0 Å². The first-order valence-electron chi connectivity index (χ1n) is 11.5. The standard InChI is InChI=1S/C27H27N5O2/c33-26(17-32-14-4-5-15-32)30-22-10-13-25-24(16-22)27(29-19-28-25)31-21-8-11-23(12-9-21)34-18-20-6-2-1-3-7-20/h1-3,6-13,16,19H,4-5,14-15,17-18H2,(H,30,33)(H,28,29,31). The topological polar surface area (TPSA) is 79.4 Å². The summed E-state index contributed by atoms with van der Waals surface area (Å²) in [5, 5.41) is 7.20. The maximum absolute atomic E-state index is 12.4. The number of hydrogen-bond acceptors (Lipinski definition) is 6. The Balaban J connectivity index is 1.26. The summed E-state index contributed by atoms with van der Waals surface area (Å²) in [6, 6.07) is 23.5. The zero-order valence-corrected chi connectivity index (χ0v) is 18.9. The molecule has 7 nitrogen and oxygen atoms in total. The third-order valence-corrected chi connectivity index (χ3v) is 5.85. The van der Waals surface area contributed by atoms with Crippen LogP contribution in [0.25, 0.3) is 10.9 Å². The van der Waals surface area contributed by atoms with Gasteiger partial charge in [-0.1, -0.05) is 30.3 Å². The van der Waals surface area contributed by atoms with E-state index in [0.29, 0.717) is 19.0 Å². The van der Waals surface area contributed by atoms with Gasteiger partial charge in [-0.2, -0.15) is 0 Å². The van der Waals surface area contributed by atoms with Crippen molar-refractivity contribution in [3.8, 4) is 5.75 Å². The van der Waals surface area contributed by atoms with Gasteiger partial charge in [-0.25, -0.2) is 9.97 Å². The molecule has 0 bridgehead atoms. The number of nitrogens with zero attached hydrogens (tertiary/aromatic N) is 3. The number of rotatable bonds is 8. The van der Waals surface area contributed by atoms with Crippen LogP contribution in [0.1, 0.15) is 18.4 Å². The molecule has 0 saturated carbocycles. The smallest absolute Gasteiger partial charge is 0.238 e. The first kappa shape index (κ1) is 21.9. The van der Waals surface area contributed by atoms with E-state index in [1.54, 1.807) is 0 Å². The second-order valence-corrected chi connectivity index (χ2v) is 8.41. The third kappa shape index (κ3) is 5.50. The maximum Gasteiger partial charge on any atom is 0.238 e. The van der Waals surface area contributed by atoms with Crippen LogP contribution in [0.3, 0.4) is 0 Å². The van der Waals surface area contributed by atoms with E-state index >= 15 is 0 Å². The second-order valence-electron chi connectivity index (χ2n) is 8.41. The van der Waals surface area contributed by atoms with E-state index in [-0.39, 0.29) is 5.91 Å². The fraction of sp³-hybridized carbons (Fsp3) is 0.222. The van der Waals surface area contributed by atoms with Gasteiger partial charge in [0.25, 0.3) is 0 Å². The Morgan fingerprint density at radius 3 is 2.47 bits per heavy atom. The Morgan fingerprint density at radius 1 is 0.912 bits per heavy atom. The van der Waals surface area contributed by atoms with Crippen molar-refractivity contribution in [1.82, 2.24) is 14.9 Å². The minimum Gasteiger partial charge on any atom is -0.489 e. The molecule has 1 saturated heterocycles. The molecule has 1 fully saturated rings. The van der Waals surface area contributed by atoms with Gasteiger partial charge in [-0.15, -0.1) is 0 Å². The summed E-state index contributed by atoms with van der Waals surface area (Å²) in [6.07, 6.45) is 3.86. The van der Waals surface area contributed by atoms with Gasteiger partial charge in [0.1, 0.15) is 24.5 Å². The Hall–Kier alpha value is -3.97. The van der Waals surface area contributed by atoms with Crippen molar-refractivity contribution in [3.63, 3.8) is 0 Å². The quantitative estimate of drug-likeness (QED) is 0.391. The van der Waals surface area contributed by atoms with Crippen LogP contribution >= 0.6 is 0 Å². The number of anilines is 3. The molecule has 34 heavy (non-hydrogen) atoms. The lowest BCUT2D eigenvalue weighted by Crippen LogP contribution is -2.30. The van der Waals surface area contributed by atoms with Crippen molar-refractivity contribution in [3.05, 3.63) is 84.7 Å². The summed E-state index contributed by atoms with van der Waals surface area (Å²) in [5.41, 5.74) is 3.55. The molecular weight excluding hydrogens is 426 g/mol. The highest BCUT2D eigenvalue weighted by atomic mass is 16.5. The molecule has 0 radical (unpaired) electrons. The molecule has 1 aliphatic heterocycles. The minimum atomic E-state index is -0.00120. The zero-order chi connectivity index (χ0) is 23.2. The van der Waals surface area contributed by atoms with Gasteiger partial charge < -0.3 is 15.4 Å². The van der Waals surface area contributed by atoms with E-state index in [4.69, 9.17) is 4.74 Å². The zero-order valence-electron chi connectivity index (χ0n) is 18.9. The first-order valence-corrected chi connectivity index (χ1v) is 11.5. The number of ether oxygens (including phenoxy) is 1. The van der Waals surface area contributed by atoms with Gasteiger partial charge in [-0.05, 0) is 74.0 Å². The van der Waals surface area contributed by atoms with Crippen molar-refractivity contribution in [2.45, 2.75) is 19.4 Å². The van der Waals surface area contributed by atoms with Gasteiger partial charge >= 0.3 is 0 Å². The highest BCUT2D eigenvalue weighted by Crippen LogP contribution is 2.27. The Labute approximate surface area is 198 Å². The largest absolute Gasteiger partial charge is 0.489 e. The summed E-state index contributed by atoms with van der Waals surface area (Å²) < 4.78 is 5.87. The number of amides is 1. The fourth-order valence-corrected chi connectivity index (χ4v) is 4.09. The Morgan fingerprint density at radius 2 is 1.68 bits per heavy atom. The van der Waals surface area contributed by atoms with Crippen LogP contribution < -0.4 is 15.4 Å². The average molecular weight is 454 g/mol. The SMILES string of the molecule is O=C(CN1CCCC1)Nc1ccc2ncnc(Nc3ccc(OCc4ccccc4)cc3)c2c1. The summed E-state index contributed by atoms with van der Waals surface area (Å²) >= 11 is 0. The van der Waals surface area contributed by atoms with E-state index in [1.165, 1.54) is 6.33 Å². The van der Waals surface area contributed by atoms with Crippen molar-refractivity contribution < 1.29 is 9.53 Å². The molecule has 1 amide bonds. The third-order valence-electron chi connectivity index (χ3n) is 5.85. The van der Waals surface area contributed by atoms with Crippen molar-refractivity contribution in [2.75, 3.05) is 30.3 Å². The van der Waals surface area contributed by atoms with Gasteiger partial charge in [0.05, 0.1) is 12.1 Å². The van der Waals surface area contributed by atoms with Crippen LogP contribution in [-0.4, -0.2) is 40.4 Å².